The molecule has 1 N–H and O–H groups in total. The van der Waals surface area contributed by atoms with Gasteiger partial charge in [-0.2, -0.15) is 0 Å². The Balaban J connectivity index is 2.01. The summed E-state index contributed by atoms with van der Waals surface area (Å²) in [6.07, 6.45) is 0.823. The van der Waals surface area contributed by atoms with Crippen LogP contribution in [-0.4, -0.2) is 44.7 Å². The fourth-order valence-corrected chi connectivity index (χ4v) is 2.35. The highest BCUT2D eigenvalue weighted by Crippen LogP contribution is 2.26. The first-order chi connectivity index (χ1) is 8.70. The number of nitrogens with zero attached hydrogens (tertiary/aromatic N) is 1. The number of ether oxygens (including phenoxy) is 1. The van der Waals surface area contributed by atoms with Crippen LogP contribution < -0.4 is 10.1 Å². The van der Waals surface area contributed by atoms with E-state index in [-0.39, 0.29) is 5.02 Å². The normalized spacial score (nSPS) is 16.8. The molecule has 1 heterocycles. The Morgan fingerprint density at radius 1 is 1.39 bits per heavy atom. The molecule has 0 radical (unpaired) electrons. The summed E-state index contributed by atoms with van der Waals surface area (Å²) in [7, 11) is 1.55. The number of piperazine rings is 1. The standard InChI is InChI=1S/C13H18ClFN2O/c1-18-13-9-12(15)11(14)8-10(13)2-5-17-6-3-16-4-7-17/h8-9,16H,2-7H2,1H3. The highest BCUT2D eigenvalue weighted by atomic mass is 35.5. The van der Waals surface area contributed by atoms with E-state index in [0.29, 0.717) is 5.75 Å². The second-order valence-electron chi connectivity index (χ2n) is 4.42. The van der Waals surface area contributed by atoms with Crippen LogP contribution in [0.1, 0.15) is 5.56 Å². The van der Waals surface area contributed by atoms with Crippen LogP contribution in [0.3, 0.4) is 0 Å². The minimum atomic E-state index is -0.431. The van der Waals surface area contributed by atoms with E-state index in [0.717, 1.165) is 44.7 Å². The van der Waals surface area contributed by atoms with Gasteiger partial charge < -0.3 is 15.0 Å². The quantitative estimate of drug-likeness (QED) is 0.907. The number of benzene rings is 1. The lowest BCUT2D eigenvalue weighted by Crippen LogP contribution is -2.44. The van der Waals surface area contributed by atoms with Gasteiger partial charge in [0.2, 0.25) is 0 Å². The molecule has 1 fully saturated rings. The van der Waals surface area contributed by atoms with Gasteiger partial charge in [-0.05, 0) is 18.1 Å². The molecule has 0 saturated carbocycles. The van der Waals surface area contributed by atoms with E-state index < -0.39 is 5.82 Å². The van der Waals surface area contributed by atoms with Gasteiger partial charge in [-0.1, -0.05) is 11.6 Å². The Morgan fingerprint density at radius 3 is 2.78 bits per heavy atom. The molecule has 0 aliphatic carbocycles. The molecule has 1 aromatic carbocycles. The summed E-state index contributed by atoms with van der Waals surface area (Å²) >= 11 is 5.81. The van der Waals surface area contributed by atoms with Crippen molar-refractivity contribution >= 4 is 11.6 Å². The summed E-state index contributed by atoms with van der Waals surface area (Å²) in [5, 5.41) is 3.47. The van der Waals surface area contributed by atoms with Crippen molar-refractivity contribution in [2.75, 3.05) is 39.8 Å². The van der Waals surface area contributed by atoms with Gasteiger partial charge in [0.25, 0.3) is 0 Å². The lowest BCUT2D eigenvalue weighted by molar-refractivity contribution is 0.243. The molecule has 0 aromatic heterocycles. The summed E-state index contributed by atoms with van der Waals surface area (Å²) in [4.78, 5) is 2.38. The molecule has 0 amide bonds. The zero-order valence-corrected chi connectivity index (χ0v) is 11.3. The van der Waals surface area contributed by atoms with Crippen LogP contribution in [0.15, 0.2) is 12.1 Å². The Labute approximate surface area is 112 Å². The van der Waals surface area contributed by atoms with E-state index in [1.54, 1.807) is 13.2 Å². The lowest BCUT2D eigenvalue weighted by Gasteiger charge is -2.27. The van der Waals surface area contributed by atoms with E-state index in [9.17, 15) is 4.39 Å². The molecule has 0 spiro atoms. The number of rotatable bonds is 4. The van der Waals surface area contributed by atoms with Crippen molar-refractivity contribution < 1.29 is 9.13 Å². The molecule has 0 bridgehead atoms. The smallest absolute Gasteiger partial charge is 0.145 e. The van der Waals surface area contributed by atoms with Crippen molar-refractivity contribution in [1.29, 1.82) is 0 Å². The van der Waals surface area contributed by atoms with Crippen LogP contribution in [0.25, 0.3) is 0 Å². The maximum absolute atomic E-state index is 13.3. The molecule has 1 aliphatic heterocycles. The maximum Gasteiger partial charge on any atom is 0.145 e. The van der Waals surface area contributed by atoms with E-state index >= 15 is 0 Å². The lowest BCUT2D eigenvalue weighted by atomic mass is 10.1. The van der Waals surface area contributed by atoms with Crippen LogP contribution in [0.5, 0.6) is 5.75 Å². The number of nitrogens with one attached hydrogen (secondary N) is 1. The van der Waals surface area contributed by atoms with Crippen molar-refractivity contribution in [3.63, 3.8) is 0 Å². The largest absolute Gasteiger partial charge is 0.496 e. The number of halogens is 2. The van der Waals surface area contributed by atoms with E-state index in [2.05, 4.69) is 10.2 Å². The van der Waals surface area contributed by atoms with Crippen LogP contribution >= 0.6 is 11.6 Å². The number of hydrogen-bond donors (Lipinski definition) is 1. The molecular formula is C13H18ClFN2O. The maximum atomic E-state index is 13.3. The van der Waals surface area contributed by atoms with Crippen molar-refractivity contribution in [3.8, 4) is 5.75 Å². The fraction of sp³-hybridized carbons (Fsp3) is 0.538. The van der Waals surface area contributed by atoms with Gasteiger partial charge in [0, 0.05) is 38.8 Å². The van der Waals surface area contributed by atoms with E-state index in [1.807, 2.05) is 0 Å². The zero-order valence-electron chi connectivity index (χ0n) is 10.5. The summed E-state index contributed by atoms with van der Waals surface area (Å²) in [5.41, 5.74) is 0.961. The molecule has 1 aromatic rings. The van der Waals surface area contributed by atoms with E-state index in [1.165, 1.54) is 6.07 Å². The average molecular weight is 273 g/mol. The highest BCUT2D eigenvalue weighted by molar-refractivity contribution is 6.30. The van der Waals surface area contributed by atoms with Gasteiger partial charge in [0.05, 0.1) is 12.1 Å². The van der Waals surface area contributed by atoms with Gasteiger partial charge >= 0.3 is 0 Å². The molecule has 5 heteroatoms. The van der Waals surface area contributed by atoms with Crippen molar-refractivity contribution in [2.45, 2.75) is 6.42 Å². The summed E-state index contributed by atoms with van der Waals surface area (Å²) in [6.45, 7) is 5.11. The SMILES string of the molecule is COc1cc(F)c(Cl)cc1CCN1CCNCC1. The zero-order chi connectivity index (χ0) is 13.0. The van der Waals surface area contributed by atoms with Crippen molar-refractivity contribution in [2.24, 2.45) is 0 Å². The Hall–Kier alpha value is -0.840. The third-order valence-corrected chi connectivity index (χ3v) is 3.52. The van der Waals surface area contributed by atoms with E-state index in [4.69, 9.17) is 16.3 Å². The third kappa shape index (κ3) is 3.34. The monoisotopic (exact) mass is 272 g/mol. The van der Waals surface area contributed by atoms with Crippen molar-refractivity contribution in [1.82, 2.24) is 10.2 Å². The van der Waals surface area contributed by atoms with Crippen LogP contribution in [0.2, 0.25) is 5.02 Å². The number of methoxy groups -OCH3 is 1. The van der Waals surface area contributed by atoms with Crippen LogP contribution in [-0.2, 0) is 6.42 Å². The highest BCUT2D eigenvalue weighted by Gasteiger charge is 2.13. The molecule has 18 heavy (non-hydrogen) atoms. The van der Waals surface area contributed by atoms with Gasteiger partial charge in [-0.15, -0.1) is 0 Å². The molecule has 0 atom stereocenters. The average Bonchev–Trinajstić information content (AvgIpc) is 2.41. The minimum Gasteiger partial charge on any atom is -0.496 e. The molecule has 0 unspecified atom stereocenters. The van der Waals surface area contributed by atoms with Gasteiger partial charge in [-0.25, -0.2) is 4.39 Å². The predicted octanol–water partition coefficient (Wildman–Crippen LogP) is 1.94. The molecular weight excluding hydrogens is 255 g/mol. The topological polar surface area (TPSA) is 24.5 Å². The first-order valence-electron chi connectivity index (χ1n) is 6.15. The molecule has 100 valence electrons. The predicted molar refractivity (Wildman–Crippen MR) is 71.0 cm³/mol. The van der Waals surface area contributed by atoms with Crippen molar-refractivity contribution in [3.05, 3.63) is 28.5 Å². The Bertz CT molecular complexity index is 408. The Kier molecular flexibility index (Phi) is 4.80. The molecule has 3 nitrogen and oxygen atoms in total. The Morgan fingerprint density at radius 2 is 2.11 bits per heavy atom. The van der Waals surface area contributed by atoms with Gasteiger partial charge in [0.15, 0.2) is 0 Å². The van der Waals surface area contributed by atoms with Gasteiger partial charge in [0.1, 0.15) is 11.6 Å². The molecule has 1 saturated heterocycles. The first kappa shape index (κ1) is 13.6. The fourth-order valence-electron chi connectivity index (χ4n) is 2.17. The van der Waals surface area contributed by atoms with Gasteiger partial charge in [-0.3, -0.25) is 0 Å². The first-order valence-corrected chi connectivity index (χ1v) is 6.53. The minimum absolute atomic E-state index is 0.158. The van der Waals surface area contributed by atoms with Crippen LogP contribution in [0, 0.1) is 5.82 Å². The second-order valence-corrected chi connectivity index (χ2v) is 4.83. The van der Waals surface area contributed by atoms with Crippen LogP contribution in [0.4, 0.5) is 4.39 Å². The molecule has 2 rings (SSSR count). The number of hydrogen-bond acceptors (Lipinski definition) is 3. The summed E-state index contributed by atoms with van der Waals surface area (Å²) in [5.74, 6) is 0.145. The third-order valence-electron chi connectivity index (χ3n) is 3.23. The summed E-state index contributed by atoms with van der Waals surface area (Å²) in [6, 6.07) is 3.02. The second kappa shape index (κ2) is 6.36. The summed E-state index contributed by atoms with van der Waals surface area (Å²) < 4.78 is 18.5. The molecule has 1 aliphatic rings.